The number of carbonyl (C=O) groups is 2. The van der Waals surface area contributed by atoms with Crippen LogP contribution < -0.4 is 10.1 Å². The Bertz CT molecular complexity index is 1080. The molecule has 0 fully saturated rings. The molecule has 0 atom stereocenters. The third kappa shape index (κ3) is 8.86. The second-order valence-corrected chi connectivity index (χ2v) is 7.74. The number of ether oxygens (including phenoxy) is 1. The highest BCUT2D eigenvalue weighted by molar-refractivity contribution is 5.94. The first kappa shape index (κ1) is 26.3. The summed E-state index contributed by atoms with van der Waals surface area (Å²) in [6.07, 6.45) is 5.68. The second kappa shape index (κ2) is 13.5. The Morgan fingerprint density at radius 2 is 1.56 bits per heavy atom. The third-order valence-electron chi connectivity index (χ3n) is 4.88. The van der Waals surface area contributed by atoms with Crippen LogP contribution in [0.4, 0.5) is 5.69 Å². The van der Waals surface area contributed by atoms with E-state index in [1.807, 2.05) is 0 Å². The van der Waals surface area contributed by atoms with Gasteiger partial charge in [0, 0.05) is 18.7 Å². The third-order valence-corrected chi connectivity index (χ3v) is 4.88. The maximum absolute atomic E-state index is 11.8. The Labute approximate surface area is 199 Å². The number of aromatic hydroxyl groups is 3. The highest BCUT2D eigenvalue weighted by atomic mass is 16.5. The number of phenolic OH excluding ortho intramolecular Hbond substituents is 3. The standard InChI is InChI=1S/C15H13NO4.C12H18O2/c1-10(17)16-11-6-8-12(9-7-11)20-15(19)13-4-2-3-5-14(13)18;1-2-3-4-5-6-10-7-8-11(13)9-12(10)14/h2-9,18H,1H3,(H,16,17);7-9,13-14H,2-6H2,1H3. The maximum Gasteiger partial charge on any atom is 0.347 e. The molecule has 0 aliphatic carbocycles. The number of hydrogen-bond acceptors (Lipinski definition) is 6. The lowest BCUT2D eigenvalue weighted by Crippen LogP contribution is -2.09. The average molecular weight is 466 g/mol. The van der Waals surface area contributed by atoms with E-state index in [9.17, 15) is 19.8 Å². The predicted molar refractivity (Wildman–Crippen MR) is 131 cm³/mol. The summed E-state index contributed by atoms with van der Waals surface area (Å²) in [7, 11) is 0. The molecule has 3 aromatic carbocycles. The summed E-state index contributed by atoms with van der Waals surface area (Å²) in [5.74, 6) is -0.291. The molecule has 0 saturated heterocycles. The van der Waals surface area contributed by atoms with Crippen molar-refractivity contribution in [3.63, 3.8) is 0 Å². The summed E-state index contributed by atoms with van der Waals surface area (Å²) in [6.45, 7) is 3.59. The molecule has 3 rings (SSSR count). The van der Waals surface area contributed by atoms with Gasteiger partial charge in [0.05, 0.1) is 0 Å². The zero-order chi connectivity index (χ0) is 24.9. The molecule has 0 aliphatic heterocycles. The van der Waals surface area contributed by atoms with Gasteiger partial charge in [0.25, 0.3) is 0 Å². The molecule has 0 aliphatic rings. The zero-order valence-corrected chi connectivity index (χ0v) is 19.5. The van der Waals surface area contributed by atoms with Crippen molar-refractivity contribution < 1.29 is 29.6 Å². The quantitative estimate of drug-likeness (QED) is 0.190. The van der Waals surface area contributed by atoms with Crippen LogP contribution in [0.5, 0.6) is 23.0 Å². The van der Waals surface area contributed by atoms with Crippen LogP contribution in [-0.2, 0) is 11.2 Å². The van der Waals surface area contributed by atoms with E-state index in [1.54, 1.807) is 48.5 Å². The number of para-hydroxylation sites is 1. The number of aryl methyl sites for hydroxylation is 1. The van der Waals surface area contributed by atoms with Crippen molar-refractivity contribution in [1.29, 1.82) is 0 Å². The van der Waals surface area contributed by atoms with Gasteiger partial charge in [-0.3, -0.25) is 4.79 Å². The summed E-state index contributed by atoms with van der Waals surface area (Å²) in [4.78, 5) is 22.7. The van der Waals surface area contributed by atoms with Crippen molar-refractivity contribution in [2.75, 3.05) is 5.32 Å². The van der Waals surface area contributed by atoms with Crippen LogP contribution >= 0.6 is 0 Å². The number of unbranched alkanes of at least 4 members (excludes halogenated alkanes) is 3. The Kier molecular flexibility index (Phi) is 10.4. The summed E-state index contributed by atoms with van der Waals surface area (Å²) < 4.78 is 5.13. The fourth-order valence-electron chi connectivity index (χ4n) is 3.12. The topological polar surface area (TPSA) is 116 Å². The predicted octanol–water partition coefficient (Wildman–Crippen LogP) is 5.79. The van der Waals surface area contributed by atoms with E-state index < -0.39 is 5.97 Å². The smallest absolute Gasteiger partial charge is 0.347 e. The van der Waals surface area contributed by atoms with Crippen molar-refractivity contribution >= 4 is 17.6 Å². The summed E-state index contributed by atoms with van der Waals surface area (Å²) in [6, 6.07) is 17.3. The summed E-state index contributed by atoms with van der Waals surface area (Å²) >= 11 is 0. The van der Waals surface area contributed by atoms with Crippen molar-refractivity contribution in [1.82, 2.24) is 0 Å². The Hall–Kier alpha value is -4.00. The van der Waals surface area contributed by atoms with E-state index in [-0.39, 0.29) is 28.7 Å². The Morgan fingerprint density at radius 3 is 2.18 bits per heavy atom. The maximum atomic E-state index is 11.8. The highest BCUT2D eigenvalue weighted by Crippen LogP contribution is 2.24. The van der Waals surface area contributed by atoms with Gasteiger partial charge in [-0.05, 0) is 60.9 Å². The lowest BCUT2D eigenvalue weighted by Gasteiger charge is -2.07. The number of amides is 1. The first-order chi connectivity index (χ1) is 16.3. The van der Waals surface area contributed by atoms with Crippen LogP contribution in [0.15, 0.2) is 66.7 Å². The van der Waals surface area contributed by atoms with Gasteiger partial charge in [-0.2, -0.15) is 0 Å². The van der Waals surface area contributed by atoms with Gasteiger partial charge in [0.1, 0.15) is 28.6 Å². The summed E-state index contributed by atoms with van der Waals surface area (Å²) in [5, 5.41) is 30.7. The van der Waals surface area contributed by atoms with E-state index in [0.29, 0.717) is 11.4 Å². The molecule has 180 valence electrons. The number of anilines is 1. The molecule has 3 aromatic rings. The van der Waals surface area contributed by atoms with Crippen LogP contribution in [0.2, 0.25) is 0 Å². The van der Waals surface area contributed by atoms with Gasteiger partial charge in [-0.25, -0.2) is 4.79 Å². The number of hydrogen-bond donors (Lipinski definition) is 4. The monoisotopic (exact) mass is 465 g/mol. The molecule has 7 heteroatoms. The average Bonchev–Trinajstić information content (AvgIpc) is 2.79. The molecule has 0 bridgehead atoms. The van der Waals surface area contributed by atoms with Gasteiger partial charge in [0.15, 0.2) is 0 Å². The molecule has 0 saturated carbocycles. The highest BCUT2D eigenvalue weighted by Gasteiger charge is 2.12. The minimum absolute atomic E-state index is 0.0958. The SMILES string of the molecule is CC(=O)Nc1ccc(OC(=O)c2ccccc2O)cc1.CCCCCCc1ccc(O)cc1O. The normalized spacial score (nSPS) is 10.1. The molecule has 4 N–H and O–H groups in total. The fourth-order valence-corrected chi connectivity index (χ4v) is 3.12. The molecule has 34 heavy (non-hydrogen) atoms. The number of benzene rings is 3. The van der Waals surface area contributed by atoms with Gasteiger partial charge < -0.3 is 25.4 Å². The van der Waals surface area contributed by atoms with Gasteiger partial charge in [0.2, 0.25) is 5.91 Å². The van der Waals surface area contributed by atoms with E-state index in [1.165, 1.54) is 44.4 Å². The summed E-state index contributed by atoms with van der Waals surface area (Å²) in [5.41, 5.74) is 1.64. The fraction of sp³-hybridized carbons (Fsp3) is 0.259. The van der Waals surface area contributed by atoms with Crippen LogP contribution in [-0.4, -0.2) is 27.2 Å². The van der Waals surface area contributed by atoms with Crippen molar-refractivity contribution in [3.8, 4) is 23.0 Å². The van der Waals surface area contributed by atoms with E-state index in [4.69, 9.17) is 9.84 Å². The largest absolute Gasteiger partial charge is 0.508 e. The Balaban J connectivity index is 0.000000257. The van der Waals surface area contributed by atoms with Gasteiger partial charge in [-0.15, -0.1) is 0 Å². The van der Waals surface area contributed by atoms with E-state index >= 15 is 0 Å². The van der Waals surface area contributed by atoms with Crippen LogP contribution in [0.3, 0.4) is 0 Å². The molecule has 0 spiro atoms. The molecule has 0 heterocycles. The molecule has 0 radical (unpaired) electrons. The molecule has 7 nitrogen and oxygen atoms in total. The molecule has 1 amide bonds. The number of esters is 1. The first-order valence-corrected chi connectivity index (χ1v) is 11.2. The van der Waals surface area contributed by atoms with E-state index in [0.717, 1.165) is 18.4 Å². The number of nitrogens with one attached hydrogen (secondary N) is 1. The molecular formula is C27H31NO6. The van der Waals surface area contributed by atoms with Crippen LogP contribution in [0.25, 0.3) is 0 Å². The van der Waals surface area contributed by atoms with Crippen LogP contribution in [0.1, 0.15) is 55.5 Å². The minimum Gasteiger partial charge on any atom is -0.508 e. The van der Waals surface area contributed by atoms with E-state index in [2.05, 4.69) is 12.2 Å². The van der Waals surface area contributed by atoms with Crippen molar-refractivity contribution in [3.05, 3.63) is 77.9 Å². The minimum atomic E-state index is -0.643. The Morgan fingerprint density at radius 1 is 0.853 bits per heavy atom. The molecule has 0 aromatic heterocycles. The van der Waals surface area contributed by atoms with Crippen molar-refractivity contribution in [2.24, 2.45) is 0 Å². The zero-order valence-electron chi connectivity index (χ0n) is 19.5. The first-order valence-electron chi connectivity index (χ1n) is 11.2. The number of phenols is 3. The van der Waals surface area contributed by atoms with Gasteiger partial charge >= 0.3 is 5.97 Å². The second-order valence-electron chi connectivity index (χ2n) is 7.74. The number of rotatable bonds is 8. The van der Waals surface area contributed by atoms with Crippen LogP contribution in [0, 0.1) is 0 Å². The lowest BCUT2D eigenvalue weighted by atomic mass is 10.1. The van der Waals surface area contributed by atoms with Gasteiger partial charge in [-0.1, -0.05) is 44.4 Å². The molecular weight excluding hydrogens is 434 g/mol. The lowest BCUT2D eigenvalue weighted by molar-refractivity contribution is -0.114. The number of carbonyl (C=O) groups excluding carboxylic acids is 2. The van der Waals surface area contributed by atoms with Crippen molar-refractivity contribution in [2.45, 2.75) is 46.0 Å². The molecule has 0 unspecified atom stereocenters.